The first-order valence-electron chi connectivity index (χ1n) is 5.12. The fourth-order valence-corrected chi connectivity index (χ4v) is 3.90. The highest BCUT2D eigenvalue weighted by molar-refractivity contribution is 7.91. The molecule has 1 fully saturated rings. The number of nitrogens with one attached hydrogen (secondary N) is 1. The van der Waals surface area contributed by atoms with E-state index in [-0.39, 0.29) is 23.2 Å². The Morgan fingerprint density at radius 3 is 2.65 bits per heavy atom. The Kier molecular flexibility index (Phi) is 3.34. The number of hydrogen-bond donors (Lipinski definition) is 2. The average molecular weight is 276 g/mol. The molecule has 0 bridgehead atoms. The number of carboxylic acid groups (broad SMARTS) is 1. The summed E-state index contributed by atoms with van der Waals surface area (Å²) in [6.07, 6.45) is 1.09. The van der Waals surface area contributed by atoms with Gasteiger partial charge in [0, 0.05) is 11.4 Å². The van der Waals surface area contributed by atoms with Crippen molar-refractivity contribution in [2.45, 2.75) is 18.9 Å². The lowest BCUT2D eigenvalue weighted by molar-refractivity contribution is 0.0691. The molecule has 0 aliphatic carbocycles. The van der Waals surface area contributed by atoms with E-state index in [9.17, 15) is 13.2 Å². The fourth-order valence-electron chi connectivity index (χ4n) is 1.65. The minimum atomic E-state index is -2.87. The lowest BCUT2D eigenvalue weighted by atomic mass is 10.2. The summed E-state index contributed by atoms with van der Waals surface area (Å²) in [4.78, 5) is 14.5. The molecule has 17 heavy (non-hydrogen) atoms. The quantitative estimate of drug-likeness (QED) is 0.849. The van der Waals surface area contributed by atoms with Gasteiger partial charge in [-0.2, -0.15) is 0 Å². The summed E-state index contributed by atoms with van der Waals surface area (Å²) in [6.45, 7) is 0. The summed E-state index contributed by atoms with van der Waals surface area (Å²) >= 11 is 1.22. The van der Waals surface area contributed by atoms with Crippen LogP contribution in [-0.4, -0.2) is 42.0 Å². The molecule has 0 aromatic carbocycles. The molecule has 2 rings (SSSR count). The van der Waals surface area contributed by atoms with Crippen molar-refractivity contribution in [3.05, 3.63) is 11.1 Å². The zero-order valence-electron chi connectivity index (χ0n) is 8.92. The van der Waals surface area contributed by atoms with Gasteiger partial charge in [-0.1, -0.05) is 0 Å². The number of thiazole rings is 1. The van der Waals surface area contributed by atoms with Gasteiger partial charge < -0.3 is 10.4 Å². The van der Waals surface area contributed by atoms with Gasteiger partial charge in [0.1, 0.15) is 9.84 Å². The monoisotopic (exact) mass is 276 g/mol. The van der Waals surface area contributed by atoms with Crippen LogP contribution in [0.5, 0.6) is 0 Å². The first kappa shape index (κ1) is 12.3. The predicted octanol–water partition coefficient (Wildman–Crippen LogP) is 0.830. The number of rotatable bonds is 3. The molecule has 94 valence electrons. The first-order valence-corrected chi connectivity index (χ1v) is 7.82. The molecular weight excluding hydrogens is 264 g/mol. The van der Waals surface area contributed by atoms with Crippen molar-refractivity contribution in [1.82, 2.24) is 4.98 Å². The van der Waals surface area contributed by atoms with E-state index in [1.54, 1.807) is 0 Å². The molecule has 6 nitrogen and oxygen atoms in total. The van der Waals surface area contributed by atoms with Crippen LogP contribution in [0, 0.1) is 0 Å². The maximum Gasteiger partial charge on any atom is 0.355 e. The van der Waals surface area contributed by atoms with Crippen LogP contribution in [0.3, 0.4) is 0 Å². The lowest BCUT2D eigenvalue weighted by Crippen LogP contribution is -2.32. The van der Waals surface area contributed by atoms with Gasteiger partial charge >= 0.3 is 5.97 Å². The standard InChI is InChI=1S/C9H12N2O4S2/c12-8(13)7-5-16-9(11-7)10-6-1-3-17(14,15)4-2-6/h5-6H,1-4H2,(H,10,11)(H,12,13). The molecule has 0 amide bonds. The number of nitrogens with zero attached hydrogens (tertiary/aromatic N) is 1. The summed E-state index contributed by atoms with van der Waals surface area (Å²) < 4.78 is 22.4. The van der Waals surface area contributed by atoms with E-state index in [2.05, 4.69) is 10.3 Å². The van der Waals surface area contributed by atoms with Gasteiger partial charge in [0.05, 0.1) is 11.5 Å². The molecule has 0 saturated carbocycles. The van der Waals surface area contributed by atoms with Crippen LogP contribution in [0.2, 0.25) is 0 Å². The van der Waals surface area contributed by atoms with Crippen LogP contribution in [0.15, 0.2) is 5.38 Å². The third-order valence-corrected chi connectivity index (χ3v) is 5.09. The second-order valence-electron chi connectivity index (χ2n) is 3.91. The minimum Gasteiger partial charge on any atom is -0.476 e. The van der Waals surface area contributed by atoms with E-state index in [1.807, 2.05) is 0 Å². The largest absolute Gasteiger partial charge is 0.476 e. The van der Waals surface area contributed by atoms with Crippen LogP contribution < -0.4 is 5.32 Å². The van der Waals surface area contributed by atoms with Gasteiger partial charge in [0.25, 0.3) is 0 Å². The van der Waals surface area contributed by atoms with Gasteiger partial charge in [-0.15, -0.1) is 11.3 Å². The van der Waals surface area contributed by atoms with Crippen molar-refractivity contribution in [3.63, 3.8) is 0 Å². The Bertz CT molecular complexity index is 509. The van der Waals surface area contributed by atoms with Crippen molar-refractivity contribution in [2.24, 2.45) is 0 Å². The molecule has 0 radical (unpaired) electrons. The van der Waals surface area contributed by atoms with Crippen LogP contribution in [0.25, 0.3) is 0 Å². The molecule has 2 N–H and O–H groups in total. The zero-order chi connectivity index (χ0) is 12.5. The third kappa shape index (κ3) is 3.16. The Hall–Kier alpha value is -1.15. The van der Waals surface area contributed by atoms with Crippen molar-refractivity contribution >= 4 is 32.3 Å². The molecular formula is C9H12N2O4S2. The molecule has 1 aliphatic heterocycles. The summed E-state index contributed by atoms with van der Waals surface area (Å²) in [7, 11) is -2.87. The highest BCUT2D eigenvalue weighted by atomic mass is 32.2. The van der Waals surface area contributed by atoms with Crippen LogP contribution in [0.1, 0.15) is 23.3 Å². The molecule has 1 aliphatic rings. The molecule has 0 spiro atoms. The minimum absolute atomic E-state index is 0.0148. The summed E-state index contributed by atoms with van der Waals surface area (Å²) in [5.74, 6) is -0.690. The average Bonchev–Trinajstić information content (AvgIpc) is 2.70. The molecule has 1 aromatic heterocycles. The van der Waals surface area contributed by atoms with Gasteiger partial charge in [-0.25, -0.2) is 18.2 Å². The van der Waals surface area contributed by atoms with Gasteiger partial charge in [-0.3, -0.25) is 0 Å². The number of carboxylic acids is 1. The summed E-state index contributed by atoms with van der Waals surface area (Å²) in [5, 5.41) is 13.8. The van der Waals surface area contributed by atoms with Gasteiger partial charge in [-0.05, 0) is 12.8 Å². The fraction of sp³-hybridized carbons (Fsp3) is 0.556. The van der Waals surface area contributed by atoms with E-state index < -0.39 is 15.8 Å². The number of anilines is 1. The molecule has 1 saturated heterocycles. The Morgan fingerprint density at radius 1 is 1.47 bits per heavy atom. The topological polar surface area (TPSA) is 96.4 Å². The van der Waals surface area contributed by atoms with E-state index in [0.717, 1.165) is 0 Å². The van der Waals surface area contributed by atoms with Crippen molar-refractivity contribution < 1.29 is 18.3 Å². The maximum atomic E-state index is 11.2. The Labute approximate surface area is 103 Å². The number of sulfone groups is 1. The molecule has 0 atom stereocenters. The van der Waals surface area contributed by atoms with Gasteiger partial charge in [0.2, 0.25) is 0 Å². The predicted molar refractivity (Wildman–Crippen MR) is 64.4 cm³/mol. The molecule has 0 unspecified atom stereocenters. The summed E-state index contributed by atoms with van der Waals surface area (Å²) in [5.41, 5.74) is 0.0148. The van der Waals surface area contributed by atoms with E-state index in [0.29, 0.717) is 18.0 Å². The van der Waals surface area contributed by atoms with Crippen molar-refractivity contribution in [1.29, 1.82) is 0 Å². The third-order valence-electron chi connectivity index (χ3n) is 2.61. The molecule has 2 heterocycles. The normalized spacial score (nSPS) is 20.0. The Morgan fingerprint density at radius 2 is 2.12 bits per heavy atom. The van der Waals surface area contributed by atoms with E-state index in [1.165, 1.54) is 16.7 Å². The Balaban J connectivity index is 1.95. The highest BCUT2D eigenvalue weighted by Gasteiger charge is 2.24. The van der Waals surface area contributed by atoms with Gasteiger partial charge in [0.15, 0.2) is 10.8 Å². The zero-order valence-corrected chi connectivity index (χ0v) is 10.6. The number of aromatic nitrogens is 1. The maximum absolute atomic E-state index is 11.2. The number of aromatic carboxylic acids is 1. The smallest absolute Gasteiger partial charge is 0.355 e. The van der Waals surface area contributed by atoms with Crippen molar-refractivity contribution in [3.8, 4) is 0 Å². The SMILES string of the molecule is O=C(O)c1csc(NC2CCS(=O)(=O)CC2)n1. The molecule has 8 heteroatoms. The molecule has 1 aromatic rings. The van der Waals surface area contributed by atoms with Crippen LogP contribution in [0.4, 0.5) is 5.13 Å². The van der Waals surface area contributed by atoms with Crippen LogP contribution in [-0.2, 0) is 9.84 Å². The lowest BCUT2D eigenvalue weighted by Gasteiger charge is -2.22. The number of carbonyl (C=O) groups is 1. The number of hydrogen-bond acceptors (Lipinski definition) is 6. The second-order valence-corrected chi connectivity index (χ2v) is 7.08. The highest BCUT2D eigenvalue weighted by Crippen LogP contribution is 2.21. The van der Waals surface area contributed by atoms with Crippen molar-refractivity contribution in [2.75, 3.05) is 16.8 Å². The summed E-state index contributed by atoms with van der Waals surface area (Å²) in [6, 6.07) is 0.0614. The first-order chi connectivity index (χ1) is 7.96. The van der Waals surface area contributed by atoms with Crippen LogP contribution >= 0.6 is 11.3 Å². The van der Waals surface area contributed by atoms with E-state index >= 15 is 0 Å². The van der Waals surface area contributed by atoms with E-state index in [4.69, 9.17) is 5.11 Å². The second kappa shape index (κ2) is 4.61.